The van der Waals surface area contributed by atoms with E-state index in [0.717, 1.165) is 22.8 Å². The van der Waals surface area contributed by atoms with Crippen LogP contribution in [0.3, 0.4) is 0 Å². The molecule has 3 heterocycles. The molecule has 0 bridgehead atoms. The van der Waals surface area contributed by atoms with Crippen molar-refractivity contribution < 1.29 is 0 Å². The maximum Gasteiger partial charge on any atom is 0.0931 e. The smallest absolute Gasteiger partial charge is 0.0931 e. The third-order valence-electron chi connectivity index (χ3n) is 3.27. The summed E-state index contributed by atoms with van der Waals surface area (Å²) in [5.41, 5.74) is 2.32. The van der Waals surface area contributed by atoms with E-state index in [9.17, 15) is 0 Å². The summed E-state index contributed by atoms with van der Waals surface area (Å²) >= 11 is 9.33. The van der Waals surface area contributed by atoms with Crippen LogP contribution in [0.2, 0.25) is 4.34 Å². The van der Waals surface area contributed by atoms with Crippen molar-refractivity contribution in [3.63, 3.8) is 0 Å². The van der Waals surface area contributed by atoms with Gasteiger partial charge in [-0.05, 0) is 48.6 Å². The Morgan fingerprint density at radius 1 is 1.35 bits per heavy atom. The summed E-state index contributed by atoms with van der Waals surface area (Å²) in [6, 6.07) is 8.65. The van der Waals surface area contributed by atoms with Crippen LogP contribution in [0.5, 0.6) is 0 Å². The van der Waals surface area contributed by atoms with Crippen molar-refractivity contribution in [2.45, 2.75) is 19.4 Å². The molecule has 0 saturated heterocycles. The second-order valence-corrected chi connectivity index (χ2v) is 7.45. The molecule has 0 spiro atoms. The van der Waals surface area contributed by atoms with Crippen LogP contribution in [0.25, 0.3) is 10.2 Å². The fourth-order valence-corrected chi connectivity index (χ4v) is 3.99. The minimum Gasteiger partial charge on any atom is -0.310 e. The molecule has 104 valence electrons. The number of thiophene rings is 2. The van der Waals surface area contributed by atoms with E-state index in [4.69, 9.17) is 11.6 Å². The van der Waals surface area contributed by atoms with Crippen LogP contribution >= 0.6 is 34.3 Å². The Hall–Kier alpha value is -0.940. The molecule has 0 fully saturated rings. The van der Waals surface area contributed by atoms with Crippen LogP contribution in [0.15, 0.2) is 35.8 Å². The lowest BCUT2D eigenvalue weighted by molar-refractivity contribution is 0.578. The van der Waals surface area contributed by atoms with Crippen molar-refractivity contribution >= 4 is 44.5 Å². The third-order valence-corrected chi connectivity index (χ3v) is 5.42. The molecule has 1 atom stereocenters. The molecular formula is C15H15ClN2S2. The Bertz CT molecular complexity index is 705. The lowest BCUT2D eigenvalue weighted by Crippen LogP contribution is -2.21. The lowest BCUT2D eigenvalue weighted by Gasteiger charge is -2.13. The third kappa shape index (κ3) is 3.20. The van der Waals surface area contributed by atoms with Crippen molar-refractivity contribution in [2.24, 2.45) is 0 Å². The molecule has 0 amide bonds. The minimum absolute atomic E-state index is 0.310. The molecule has 2 nitrogen and oxygen atoms in total. The number of fused-ring (bicyclic) bond motifs is 1. The van der Waals surface area contributed by atoms with Gasteiger partial charge in [-0.25, -0.2) is 0 Å². The molecule has 5 heteroatoms. The molecule has 0 aliphatic carbocycles. The second kappa shape index (κ2) is 6.22. The van der Waals surface area contributed by atoms with Gasteiger partial charge in [0.1, 0.15) is 0 Å². The number of nitrogens with zero attached hydrogens (tertiary/aromatic N) is 1. The summed E-state index contributed by atoms with van der Waals surface area (Å²) in [4.78, 5) is 5.81. The molecule has 1 N–H and O–H groups in total. The molecule has 0 saturated carbocycles. The van der Waals surface area contributed by atoms with Crippen LogP contribution < -0.4 is 5.32 Å². The first-order chi connectivity index (χ1) is 9.72. The molecular weight excluding hydrogens is 308 g/mol. The molecule has 3 aromatic rings. The monoisotopic (exact) mass is 322 g/mol. The largest absolute Gasteiger partial charge is 0.310 e. The fraction of sp³-hybridized carbons (Fsp3) is 0.267. The van der Waals surface area contributed by atoms with Crippen molar-refractivity contribution in [3.8, 4) is 0 Å². The predicted octanol–water partition coefficient (Wildman–Crippen LogP) is 4.90. The van der Waals surface area contributed by atoms with E-state index in [-0.39, 0.29) is 0 Å². The first-order valence-corrected chi connectivity index (χ1v) is 8.60. The van der Waals surface area contributed by atoms with Crippen LogP contribution in [0.4, 0.5) is 0 Å². The first kappa shape index (κ1) is 14.0. The average Bonchev–Trinajstić information content (AvgIpc) is 3.06. The fourth-order valence-electron chi connectivity index (χ4n) is 2.11. The first-order valence-electron chi connectivity index (χ1n) is 6.53. The van der Waals surface area contributed by atoms with Gasteiger partial charge in [0.2, 0.25) is 0 Å². The van der Waals surface area contributed by atoms with E-state index in [0.29, 0.717) is 6.04 Å². The highest BCUT2D eigenvalue weighted by atomic mass is 35.5. The summed E-state index contributed by atoms with van der Waals surface area (Å²) in [6.07, 6.45) is 2.98. The summed E-state index contributed by atoms with van der Waals surface area (Å²) in [5.74, 6) is 0. The summed E-state index contributed by atoms with van der Waals surface area (Å²) in [5, 5.41) is 5.63. The van der Waals surface area contributed by atoms with Crippen LogP contribution in [-0.2, 0) is 6.42 Å². The number of hydrogen-bond donors (Lipinski definition) is 1. The Labute approximate surface area is 131 Å². The summed E-state index contributed by atoms with van der Waals surface area (Å²) in [7, 11) is 0. The number of rotatable bonds is 5. The van der Waals surface area contributed by atoms with E-state index < -0.39 is 0 Å². The van der Waals surface area contributed by atoms with Crippen molar-refractivity contribution in [1.29, 1.82) is 0 Å². The van der Waals surface area contributed by atoms with Gasteiger partial charge in [0.05, 0.1) is 14.6 Å². The van der Waals surface area contributed by atoms with Crippen LogP contribution in [0, 0.1) is 0 Å². The number of hydrogen-bond acceptors (Lipinski definition) is 4. The Balaban J connectivity index is 1.59. The highest BCUT2D eigenvalue weighted by Gasteiger charge is 2.07. The SMILES string of the molecule is CC(NCCc1ccc(Cl)s1)c1cnc2ccsc2c1. The highest BCUT2D eigenvalue weighted by molar-refractivity contribution is 7.17. The zero-order valence-electron chi connectivity index (χ0n) is 11.1. The molecule has 0 aliphatic heterocycles. The van der Waals surface area contributed by atoms with Gasteiger partial charge in [-0.1, -0.05) is 11.6 Å². The van der Waals surface area contributed by atoms with E-state index in [1.165, 1.54) is 15.1 Å². The number of aromatic nitrogens is 1. The lowest BCUT2D eigenvalue weighted by atomic mass is 10.1. The van der Waals surface area contributed by atoms with Gasteiger partial charge in [-0.15, -0.1) is 22.7 Å². The number of halogens is 1. The van der Waals surface area contributed by atoms with Crippen molar-refractivity contribution in [1.82, 2.24) is 10.3 Å². The number of nitrogens with one attached hydrogen (secondary N) is 1. The van der Waals surface area contributed by atoms with E-state index >= 15 is 0 Å². The van der Waals surface area contributed by atoms with Crippen LogP contribution in [0.1, 0.15) is 23.4 Å². The maximum atomic E-state index is 5.93. The van der Waals surface area contributed by atoms with E-state index in [2.05, 4.69) is 40.8 Å². The van der Waals surface area contributed by atoms with Crippen molar-refractivity contribution in [3.05, 3.63) is 50.6 Å². The second-order valence-electron chi connectivity index (χ2n) is 4.70. The maximum absolute atomic E-state index is 5.93. The summed E-state index contributed by atoms with van der Waals surface area (Å²) < 4.78 is 2.11. The molecule has 0 radical (unpaired) electrons. The van der Waals surface area contributed by atoms with Gasteiger partial charge in [0, 0.05) is 23.7 Å². The molecule has 0 aliphatic rings. The van der Waals surface area contributed by atoms with Crippen molar-refractivity contribution in [2.75, 3.05) is 6.54 Å². The highest BCUT2D eigenvalue weighted by Crippen LogP contribution is 2.23. The van der Waals surface area contributed by atoms with Crippen LogP contribution in [-0.4, -0.2) is 11.5 Å². The standard InChI is InChI=1S/C15H15ClN2S2/c1-10(17-6-4-12-2-3-15(16)20-12)11-8-14-13(18-9-11)5-7-19-14/h2-3,5,7-10,17H,4,6H2,1H3. The Morgan fingerprint density at radius 2 is 2.25 bits per heavy atom. The molecule has 20 heavy (non-hydrogen) atoms. The van der Waals surface area contributed by atoms with Gasteiger partial charge in [0.15, 0.2) is 0 Å². The van der Waals surface area contributed by atoms with Gasteiger partial charge in [-0.3, -0.25) is 4.98 Å². The zero-order valence-corrected chi connectivity index (χ0v) is 13.5. The Morgan fingerprint density at radius 3 is 3.05 bits per heavy atom. The summed E-state index contributed by atoms with van der Waals surface area (Å²) in [6.45, 7) is 3.12. The van der Waals surface area contributed by atoms with Gasteiger partial charge in [0.25, 0.3) is 0 Å². The van der Waals surface area contributed by atoms with E-state index in [1.807, 2.05) is 12.3 Å². The van der Waals surface area contributed by atoms with Gasteiger partial charge < -0.3 is 5.32 Å². The Kier molecular flexibility index (Phi) is 4.36. The number of pyridine rings is 1. The normalized spacial score (nSPS) is 12.9. The molecule has 1 unspecified atom stereocenters. The molecule has 0 aromatic carbocycles. The zero-order chi connectivity index (χ0) is 13.9. The van der Waals surface area contributed by atoms with Gasteiger partial charge >= 0.3 is 0 Å². The minimum atomic E-state index is 0.310. The molecule has 3 aromatic heterocycles. The predicted molar refractivity (Wildman–Crippen MR) is 89.1 cm³/mol. The topological polar surface area (TPSA) is 24.9 Å². The van der Waals surface area contributed by atoms with Gasteiger partial charge in [-0.2, -0.15) is 0 Å². The average molecular weight is 323 g/mol. The van der Waals surface area contributed by atoms with E-state index in [1.54, 1.807) is 22.7 Å². The quantitative estimate of drug-likeness (QED) is 0.722. The molecule has 3 rings (SSSR count).